The molecule has 1 aromatic rings. The van der Waals surface area contributed by atoms with E-state index in [0.717, 1.165) is 17.2 Å². The van der Waals surface area contributed by atoms with Crippen LogP contribution in [0.3, 0.4) is 0 Å². The zero-order valence-corrected chi connectivity index (χ0v) is 14.5. The predicted molar refractivity (Wildman–Crippen MR) is 90.3 cm³/mol. The minimum Gasteiger partial charge on any atom is -0.461 e. The minimum atomic E-state index is -0.527. The molecule has 0 radical (unpaired) electrons. The average molecular weight is 329 g/mol. The van der Waals surface area contributed by atoms with Crippen LogP contribution in [0, 0.1) is 0 Å². The van der Waals surface area contributed by atoms with Crippen molar-refractivity contribution in [1.82, 2.24) is 5.32 Å². The molecule has 5 heteroatoms. The van der Waals surface area contributed by atoms with E-state index in [1.807, 2.05) is 12.1 Å². The third-order valence-electron chi connectivity index (χ3n) is 4.02. The Hall–Kier alpha value is -2.43. The van der Waals surface area contributed by atoms with E-state index in [2.05, 4.69) is 39.1 Å². The van der Waals surface area contributed by atoms with Crippen molar-refractivity contribution in [3.05, 3.63) is 46.5 Å². The fraction of sp³-hybridized carbons (Fsp3) is 0.421. The van der Waals surface area contributed by atoms with Gasteiger partial charge in [-0.25, -0.2) is 0 Å². The van der Waals surface area contributed by atoms with Gasteiger partial charge in [-0.15, -0.1) is 0 Å². The standard InChI is InChI=1S/C19H23NO4/c1-11(2)13-5-6-14(16(7-13)12(3)4)10-24-18(22)9-15-8-17(21)20-19(15)23/h5-8,11-12H,9-10H2,1-4H3,(H,20,21,23). The molecule has 1 aliphatic heterocycles. The maximum Gasteiger partial charge on any atom is 0.310 e. The highest BCUT2D eigenvalue weighted by molar-refractivity contribution is 6.17. The summed E-state index contributed by atoms with van der Waals surface area (Å²) in [4.78, 5) is 34.4. The number of rotatable bonds is 6. The molecule has 0 fully saturated rings. The molecule has 5 nitrogen and oxygen atoms in total. The number of ether oxygens (including phenoxy) is 1. The van der Waals surface area contributed by atoms with E-state index >= 15 is 0 Å². The molecule has 1 aliphatic rings. The highest BCUT2D eigenvalue weighted by Gasteiger charge is 2.23. The van der Waals surface area contributed by atoms with Crippen molar-refractivity contribution < 1.29 is 19.1 Å². The molecule has 0 saturated heterocycles. The summed E-state index contributed by atoms with van der Waals surface area (Å²) in [5.74, 6) is -0.785. The molecule has 0 saturated carbocycles. The van der Waals surface area contributed by atoms with E-state index in [4.69, 9.17) is 4.74 Å². The van der Waals surface area contributed by atoms with Gasteiger partial charge in [0.05, 0.1) is 6.42 Å². The summed E-state index contributed by atoms with van der Waals surface area (Å²) >= 11 is 0. The monoisotopic (exact) mass is 329 g/mol. The fourth-order valence-corrected chi connectivity index (χ4v) is 2.59. The summed E-state index contributed by atoms with van der Waals surface area (Å²) in [6.45, 7) is 8.64. The Bertz CT molecular complexity index is 701. The summed E-state index contributed by atoms with van der Waals surface area (Å²) in [7, 11) is 0. The maximum atomic E-state index is 11.9. The summed E-state index contributed by atoms with van der Waals surface area (Å²) < 4.78 is 5.29. The van der Waals surface area contributed by atoms with Crippen molar-refractivity contribution in [3.63, 3.8) is 0 Å². The van der Waals surface area contributed by atoms with Crippen LogP contribution in [0.2, 0.25) is 0 Å². The first kappa shape index (κ1) is 17.9. The number of esters is 1. The number of carbonyl (C=O) groups excluding carboxylic acids is 3. The van der Waals surface area contributed by atoms with Crippen LogP contribution in [0.1, 0.15) is 62.6 Å². The van der Waals surface area contributed by atoms with Crippen molar-refractivity contribution in [2.75, 3.05) is 0 Å². The summed E-state index contributed by atoms with van der Waals surface area (Å²) in [6.07, 6.45) is 0.944. The Morgan fingerprint density at radius 2 is 1.83 bits per heavy atom. The third kappa shape index (κ3) is 4.31. The number of amides is 2. The van der Waals surface area contributed by atoms with Gasteiger partial charge >= 0.3 is 5.97 Å². The molecule has 2 amide bonds. The molecule has 0 atom stereocenters. The number of benzene rings is 1. The van der Waals surface area contributed by atoms with Gasteiger partial charge in [-0.05, 0) is 28.5 Å². The van der Waals surface area contributed by atoms with Crippen molar-refractivity contribution in [2.45, 2.75) is 52.6 Å². The molecule has 0 aromatic heterocycles. The molecular formula is C19H23NO4. The van der Waals surface area contributed by atoms with Crippen LogP contribution in [-0.2, 0) is 25.7 Å². The van der Waals surface area contributed by atoms with Gasteiger partial charge in [0, 0.05) is 11.6 Å². The second kappa shape index (κ2) is 7.43. The SMILES string of the molecule is CC(C)c1ccc(COC(=O)CC2=CC(=O)NC2=O)c(C(C)C)c1. The lowest BCUT2D eigenvalue weighted by Crippen LogP contribution is -2.23. The summed E-state index contributed by atoms with van der Waals surface area (Å²) in [5.41, 5.74) is 3.51. The van der Waals surface area contributed by atoms with Crippen molar-refractivity contribution >= 4 is 17.8 Å². The number of imide groups is 1. The van der Waals surface area contributed by atoms with Crippen molar-refractivity contribution in [1.29, 1.82) is 0 Å². The van der Waals surface area contributed by atoms with Crippen LogP contribution >= 0.6 is 0 Å². The molecule has 0 spiro atoms. The molecular weight excluding hydrogens is 306 g/mol. The lowest BCUT2D eigenvalue weighted by atomic mass is 9.92. The van der Waals surface area contributed by atoms with Crippen LogP contribution < -0.4 is 5.32 Å². The predicted octanol–water partition coefficient (Wildman–Crippen LogP) is 2.95. The Morgan fingerprint density at radius 1 is 1.12 bits per heavy atom. The molecule has 24 heavy (non-hydrogen) atoms. The first-order valence-corrected chi connectivity index (χ1v) is 8.12. The Kier molecular flexibility index (Phi) is 5.54. The lowest BCUT2D eigenvalue weighted by Gasteiger charge is -2.16. The van der Waals surface area contributed by atoms with Crippen LogP contribution in [-0.4, -0.2) is 17.8 Å². The van der Waals surface area contributed by atoms with Gasteiger partial charge in [0.15, 0.2) is 0 Å². The maximum absolute atomic E-state index is 11.9. The molecule has 1 N–H and O–H groups in total. The first-order valence-electron chi connectivity index (χ1n) is 8.12. The van der Waals surface area contributed by atoms with E-state index in [9.17, 15) is 14.4 Å². The van der Waals surface area contributed by atoms with Crippen LogP contribution in [0.4, 0.5) is 0 Å². The minimum absolute atomic E-state index is 0.143. The van der Waals surface area contributed by atoms with E-state index in [1.54, 1.807) is 0 Å². The first-order chi connectivity index (χ1) is 11.3. The van der Waals surface area contributed by atoms with E-state index in [-0.39, 0.29) is 18.6 Å². The highest BCUT2D eigenvalue weighted by atomic mass is 16.5. The fourth-order valence-electron chi connectivity index (χ4n) is 2.59. The Labute approximate surface area is 142 Å². The normalized spacial score (nSPS) is 14.2. The molecule has 0 aliphatic carbocycles. The van der Waals surface area contributed by atoms with Gasteiger partial charge in [-0.2, -0.15) is 0 Å². The third-order valence-corrected chi connectivity index (χ3v) is 4.02. The van der Waals surface area contributed by atoms with Crippen molar-refractivity contribution in [2.24, 2.45) is 0 Å². The van der Waals surface area contributed by atoms with Gasteiger partial charge in [0.25, 0.3) is 11.8 Å². The number of carbonyl (C=O) groups is 3. The number of hydrogen-bond donors (Lipinski definition) is 1. The van der Waals surface area contributed by atoms with E-state index < -0.39 is 17.8 Å². The quantitative estimate of drug-likeness (QED) is 0.643. The molecule has 0 bridgehead atoms. The molecule has 2 rings (SSSR count). The van der Waals surface area contributed by atoms with Gasteiger partial charge in [0.1, 0.15) is 6.61 Å². The Balaban J connectivity index is 2.03. The zero-order chi connectivity index (χ0) is 17.9. The Morgan fingerprint density at radius 3 is 2.38 bits per heavy atom. The second-order valence-corrected chi connectivity index (χ2v) is 6.59. The molecule has 128 valence electrons. The van der Waals surface area contributed by atoms with Gasteiger partial charge in [0.2, 0.25) is 0 Å². The smallest absolute Gasteiger partial charge is 0.310 e. The number of nitrogens with one attached hydrogen (secondary N) is 1. The van der Waals surface area contributed by atoms with Crippen LogP contribution in [0.5, 0.6) is 0 Å². The molecule has 1 aromatic carbocycles. The molecule has 0 unspecified atom stereocenters. The van der Waals surface area contributed by atoms with Crippen LogP contribution in [0.25, 0.3) is 0 Å². The molecule has 1 heterocycles. The zero-order valence-electron chi connectivity index (χ0n) is 14.5. The van der Waals surface area contributed by atoms with Gasteiger partial charge < -0.3 is 4.74 Å². The lowest BCUT2D eigenvalue weighted by molar-refractivity contribution is -0.144. The second-order valence-electron chi connectivity index (χ2n) is 6.59. The van der Waals surface area contributed by atoms with Crippen molar-refractivity contribution in [3.8, 4) is 0 Å². The van der Waals surface area contributed by atoms with Crippen LogP contribution in [0.15, 0.2) is 29.8 Å². The summed E-state index contributed by atoms with van der Waals surface area (Å²) in [5, 5.41) is 2.11. The van der Waals surface area contributed by atoms with E-state index in [0.29, 0.717) is 11.8 Å². The average Bonchev–Trinajstić information content (AvgIpc) is 2.82. The van der Waals surface area contributed by atoms with Gasteiger partial charge in [-0.1, -0.05) is 45.9 Å². The topological polar surface area (TPSA) is 72.5 Å². The number of hydrogen-bond acceptors (Lipinski definition) is 4. The highest BCUT2D eigenvalue weighted by Crippen LogP contribution is 2.25. The largest absolute Gasteiger partial charge is 0.461 e. The van der Waals surface area contributed by atoms with E-state index in [1.165, 1.54) is 5.56 Å². The summed E-state index contributed by atoms with van der Waals surface area (Å²) in [6, 6.07) is 6.19. The van der Waals surface area contributed by atoms with Gasteiger partial charge in [-0.3, -0.25) is 19.7 Å².